The molecule has 0 fully saturated rings. The number of nitrogens with zero attached hydrogens (tertiary/aromatic N) is 1. The van der Waals surface area contributed by atoms with Crippen LogP contribution in [-0.2, 0) is 0 Å². The van der Waals surface area contributed by atoms with E-state index >= 15 is 0 Å². The Labute approximate surface area is 89.8 Å². The number of aryl methyl sites for hydroxylation is 1. The maximum Gasteiger partial charge on any atom is 0.0730 e. The summed E-state index contributed by atoms with van der Waals surface area (Å²) in [7, 11) is 0. The van der Waals surface area contributed by atoms with Gasteiger partial charge in [-0.1, -0.05) is 36.9 Å². The lowest BCUT2D eigenvalue weighted by molar-refractivity contribution is 1.44. The van der Waals surface area contributed by atoms with Crippen LogP contribution in [0.5, 0.6) is 0 Å². The third-order valence-corrected chi connectivity index (χ3v) is 2.68. The quantitative estimate of drug-likeness (QED) is 0.639. The highest BCUT2D eigenvalue weighted by atomic mass is 14.7. The monoisotopic (exact) mass is 195 g/mol. The molecule has 0 bridgehead atoms. The van der Waals surface area contributed by atoms with Gasteiger partial charge in [0.15, 0.2) is 0 Å². The molecule has 0 radical (unpaired) electrons. The van der Waals surface area contributed by atoms with Gasteiger partial charge in [0, 0.05) is 5.56 Å². The van der Waals surface area contributed by atoms with E-state index in [-0.39, 0.29) is 0 Å². The van der Waals surface area contributed by atoms with Gasteiger partial charge in [-0.15, -0.1) is 0 Å². The second-order valence-electron chi connectivity index (χ2n) is 3.52. The fourth-order valence-corrected chi connectivity index (χ4v) is 1.91. The molecule has 0 aliphatic carbocycles. The fourth-order valence-electron chi connectivity index (χ4n) is 1.91. The largest absolute Gasteiger partial charge is 0.264 e. The fraction of sp³-hybridized carbons (Fsp3) is 0.0714. The molecule has 0 N–H and O–H groups in total. The summed E-state index contributed by atoms with van der Waals surface area (Å²) in [6.07, 6.45) is 1.82. The topological polar surface area (TPSA) is 12.4 Å². The minimum absolute atomic E-state index is 0.934. The van der Waals surface area contributed by atoms with Gasteiger partial charge in [-0.05, 0) is 36.0 Å². The molecule has 0 unspecified atom stereocenters. The molecule has 2 rings (SSSR count). The molecule has 0 heterocycles. The van der Waals surface area contributed by atoms with Crippen molar-refractivity contribution in [1.82, 2.24) is 0 Å². The zero-order valence-electron chi connectivity index (χ0n) is 8.83. The van der Waals surface area contributed by atoms with Crippen molar-refractivity contribution in [2.75, 3.05) is 0 Å². The first kappa shape index (κ1) is 9.66. The zero-order chi connectivity index (χ0) is 10.8. The Morgan fingerprint density at radius 1 is 1.27 bits per heavy atom. The number of rotatable bonds is 2. The summed E-state index contributed by atoms with van der Waals surface area (Å²) in [6, 6.07) is 10.4. The second kappa shape index (κ2) is 3.70. The molecule has 1 nitrogen and oxygen atoms in total. The average molecular weight is 195 g/mol. The van der Waals surface area contributed by atoms with Gasteiger partial charge in [-0.25, -0.2) is 0 Å². The predicted octanol–water partition coefficient (Wildman–Crippen LogP) is 4.12. The van der Waals surface area contributed by atoms with Crippen molar-refractivity contribution >= 4 is 29.3 Å². The number of hydrogen-bond acceptors (Lipinski definition) is 1. The van der Waals surface area contributed by atoms with Gasteiger partial charge in [-0.2, -0.15) is 0 Å². The third-order valence-electron chi connectivity index (χ3n) is 2.68. The summed E-state index contributed by atoms with van der Waals surface area (Å²) in [5.74, 6) is 0. The van der Waals surface area contributed by atoms with E-state index in [1.807, 2.05) is 18.2 Å². The molecular formula is C14H13N. The van der Waals surface area contributed by atoms with E-state index in [1.54, 1.807) is 0 Å². The summed E-state index contributed by atoms with van der Waals surface area (Å²) in [5.41, 5.74) is 3.14. The van der Waals surface area contributed by atoms with Gasteiger partial charge in [0.2, 0.25) is 0 Å². The molecule has 0 aromatic heterocycles. The Kier molecular flexibility index (Phi) is 2.38. The van der Waals surface area contributed by atoms with Crippen LogP contribution in [0.3, 0.4) is 0 Å². The molecule has 74 valence electrons. The van der Waals surface area contributed by atoms with Crippen LogP contribution < -0.4 is 0 Å². The lowest BCUT2D eigenvalue weighted by Crippen LogP contribution is -1.83. The number of aliphatic imine (C=N–C) groups is 1. The van der Waals surface area contributed by atoms with Gasteiger partial charge >= 0.3 is 0 Å². The van der Waals surface area contributed by atoms with Crippen molar-refractivity contribution in [2.24, 2.45) is 4.99 Å². The molecule has 0 amide bonds. The van der Waals surface area contributed by atoms with Crippen LogP contribution in [0.25, 0.3) is 16.8 Å². The summed E-state index contributed by atoms with van der Waals surface area (Å²) in [6.45, 7) is 9.48. The van der Waals surface area contributed by atoms with E-state index in [0.29, 0.717) is 0 Å². The maximum absolute atomic E-state index is 4.07. The van der Waals surface area contributed by atoms with E-state index in [2.05, 4.69) is 43.4 Å². The highest BCUT2D eigenvalue weighted by molar-refractivity contribution is 5.93. The van der Waals surface area contributed by atoms with Crippen LogP contribution in [0.15, 0.2) is 41.9 Å². The van der Waals surface area contributed by atoms with Crippen molar-refractivity contribution in [3.63, 3.8) is 0 Å². The molecular weight excluding hydrogens is 182 g/mol. The molecule has 1 heteroatoms. The Bertz CT molecular complexity index is 538. The molecule has 0 saturated carbocycles. The van der Waals surface area contributed by atoms with Crippen LogP contribution >= 0.6 is 0 Å². The van der Waals surface area contributed by atoms with E-state index < -0.39 is 0 Å². The minimum Gasteiger partial charge on any atom is -0.264 e. The van der Waals surface area contributed by atoms with Gasteiger partial charge in [-0.3, -0.25) is 4.99 Å². The van der Waals surface area contributed by atoms with Crippen LogP contribution in [-0.4, -0.2) is 6.72 Å². The van der Waals surface area contributed by atoms with Crippen LogP contribution in [0.1, 0.15) is 11.1 Å². The normalized spacial score (nSPS) is 10.2. The van der Waals surface area contributed by atoms with Crippen molar-refractivity contribution in [1.29, 1.82) is 0 Å². The van der Waals surface area contributed by atoms with Gasteiger partial charge < -0.3 is 0 Å². The molecule has 0 aliphatic rings. The SMILES string of the molecule is C=Cc1cc2ccccc2c(C)c1N=C. The first-order chi connectivity index (χ1) is 7.27. The first-order valence-corrected chi connectivity index (χ1v) is 4.89. The van der Waals surface area contributed by atoms with Crippen molar-refractivity contribution in [3.05, 3.63) is 48.0 Å². The third kappa shape index (κ3) is 1.46. The van der Waals surface area contributed by atoms with Crippen molar-refractivity contribution in [3.8, 4) is 0 Å². The van der Waals surface area contributed by atoms with E-state index in [0.717, 1.165) is 16.8 Å². The Morgan fingerprint density at radius 3 is 2.67 bits per heavy atom. The Balaban J connectivity index is 2.93. The van der Waals surface area contributed by atoms with Gasteiger partial charge in [0.1, 0.15) is 0 Å². The van der Waals surface area contributed by atoms with E-state index in [1.165, 1.54) is 10.8 Å². The number of hydrogen-bond donors (Lipinski definition) is 0. The second-order valence-corrected chi connectivity index (χ2v) is 3.52. The molecule has 0 spiro atoms. The molecule has 15 heavy (non-hydrogen) atoms. The van der Waals surface area contributed by atoms with Crippen molar-refractivity contribution in [2.45, 2.75) is 6.92 Å². The number of fused-ring (bicyclic) bond motifs is 1. The lowest BCUT2D eigenvalue weighted by Gasteiger charge is -2.08. The van der Waals surface area contributed by atoms with Crippen LogP contribution in [0.2, 0.25) is 0 Å². The van der Waals surface area contributed by atoms with Crippen LogP contribution in [0, 0.1) is 6.92 Å². The summed E-state index contributed by atoms with van der Waals surface area (Å²) in [5, 5.41) is 2.45. The van der Waals surface area contributed by atoms with Crippen LogP contribution in [0.4, 0.5) is 5.69 Å². The lowest BCUT2D eigenvalue weighted by atomic mass is 9.99. The highest BCUT2D eigenvalue weighted by Gasteiger charge is 2.05. The minimum atomic E-state index is 0.934. The molecule has 0 atom stereocenters. The molecule has 0 aliphatic heterocycles. The van der Waals surface area contributed by atoms with E-state index in [4.69, 9.17) is 0 Å². The first-order valence-electron chi connectivity index (χ1n) is 4.89. The summed E-state index contributed by atoms with van der Waals surface area (Å²) >= 11 is 0. The molecule has 2 aromatic carbocycles. The zero-order valence-corrected chi connectivity index (χ0v) is 8.83. The number of benzene rings is 2. The van der Waals surface area contributed by atoms with Gasteiger partial charge in [0.05, 0.1) is 5.69 Å². The highest BCUT2D eigenvalue weighted by Crippen LogP contribution is 2.31. The average Bonchev–Trinajstić information content (AvgIpc) is 2.29. The van der Waals surface area contributed by atoms with E-state index in [9.17, 15) is 0 Å². The molecule has 0 saturated heterocycles. The summed E-state index contributed by atoms with van der Waals surface area (Å²) < 4.78 is 0. The summed E-state index contributed by atoms with van der Waals surface area (Å²) in [4.78, 5) is 4.07. The Hall–Kier alpha value is -1.89. The predicted molar refractivity (Wildman–Crippen MR) is 68.0 cm³/mol. The standard InChI is InChI=1S/C14H13N/c1-4-11-9-12-7-5-6-8-13(12)10(2)14(11)15-3/h4-9H,1,3H2,2H3. The molecule has 2 aromatic rings. The van der Waals surface area contributed by atoms with Gasteiger partial charge in [0.25, 0.3) is 0 Å². The Morgan fingerprint density at radius 2 is 2.00 bits per heavy atom. The smallest absolute Gasteiger partial charge is 0.0730 e. The van der Waals surface area contributed by atoms with Crippen molar-refractivity contribution < 1.29 is 0 Å². The maximum atomic E-state index is 4.07.